The Morgan fingerprint density at radius 2 is 1.95 bits per heavy atom. The third-order valence-corrected chi connectivity index (χ3v) is 3.54. The highest BCUT2D eigenvalue weighted by atomic mass is 16.5. The number of ether oxygens (including phenoxy) is 1. The number of hydrogen-bond donors (Lipinski definition) is 2. The lowest BCUT2D eigenvalue weighted by Gasteiger charge is -2.22. The molecule has 0 aliphatic rings. The lowest BCUT2D eigenvalue weighted by atomic mass is 9.86. The second-order valence-electron chi connectivity index (χ2n) is 5.56. The molecule has 0 bridgehead atoms. The first kappa shape index (κ1) is 15.5. The molecule has 0 fully saturated rings. The van der Waals surface area contributed by atoms with Gasteiger partial charge in [-0.3, -0.25) is 5.41 Å². The van der Waals surface area contributed by atoms with E-state index < -0.39 is 0 Å². The Labute approximate surface area is 116 Å². The molecule has 3 N–H and O–H groups in total. The molecule has 0 aliphatic heterocycles. The van der Waals surface area contributed by atoms with Gasteiger partial charge in [0.2, 0.25) is 0 Å². The third kappa shape index (κ3) is 4.93. The largest absolute Gasteiger partial charge is 0.493 e. The molecule has 0 atom stereocenters. The van der Waals surface area contributed by atoms with Crippen LogP contribution in [0.4, 0.5) is 0 Å². The lowest BCUT2D eigenvalue weighted by Crippen LogP contribution is -2.30. The van der Waals surface area contributed by atoms with E-state index in [0.29, 0.717) is 0 Å². The highest BCUT2D eigenvalue weighted by molar-refractivity contribution is 5.82. The number of aryl methyl sites for hydroxylation is 1. The normalized spacial score (nSPS) is 11.3. The van der Waals surface area contributed by atoms with Crippen LogP contribution in [0.3, 0.4) is 0 Å². The first-order valence-electron chi connectivity index (χ1n) is 7.02. The Morgan fingerprint density at radius 3 is 2.58 bits per heavy atom. The van der Waals surface area contributed by atoms with Crippen LogP contribution in [-0.4, -0.2) is 12.4 Å². The predicted octanol–water partition coefficient (Wildman–Crippen LogP) is 3.76. The predicted molar refractivity (Wildman–Crippen MR) is 80.9 cm³/mol. The molecule has 3 nitrogen and oxygen atoms in total. The van der Waals surface area contributed by atoms with Crippen LogP contribution in [0.25, 0.3) is 0 Å². The monoisotopic (exact) mass is 262 g/mol. The van der Waals surface area contributed by atoms with E-state index in [2.05, 4.69) is 13.0 Å². The molecule has 0 aromatic heterocycles. The molecule has 106 valence electrons. The van der Waals surface area contributed by atoms with Crippen LogP contribution >= 0.6 is 0 Å². The van der Waals surface area contributed by atoms with Crippen molar-refractivity contribution in [2.24, 2.45) is 11.1 Å². The Hall–Kier alpha value is -1.51. The number of rotatable bonds is 8. The second kappa shape index (κ2) is 7.17. The fraction of sp³-hybridized carbons (Fsp3) is 0.562. The zero-order valence-electron chi connectivity index (χ0n) is 12.3. The first-order chi connectivity index (χ1) is 8.97. The van der Waals surface area contributed by atoms with Crippen molar-refractivity contribution < 1.29 is 4.74 Å². The molecule has 19 heavy (non-hydrogen) atoms. The molecule has 1 aromatic carbocycles. The molecular formula is C16H26N2O. The van der Waals surface area contributed by atoms with Gasteiger partial charge in [0.15, 0.2) is 0 Å². The standard InChI is InChI=1S/C16H26N2O/c1-4-13-9-5-6-10-14(13)19-12-8-7-11-16(2,3)15(17)18/h5-6,9-10H,4,7-8,11-12H2,1-3H3,(H3,17,18). The summed E-state index contributed by atoms with van der Waals surface area (Å²) in [6, 6.07) is 8.18. The van der Waals surface area contributed by atoms with E-state index in [1.165, 1.54) is 5.56 Å². The van der Waals surface area contributed by atoms with Gasteiger partial charge < -0.3 is 10.5 Å². The van der Waals surface area contributed by atoms with Gasteiger partial charge in [0.05, 0.1) is 12.4 Å². The number of benzene rings is 1. The number of unbranched alkanes of at least 4 members (excludes halogenated alkanes) is 1. The van der Waals surface area contributed by atoms with Gasteiger partial charge in [0.1, 0.15) is 5.75 Å². The highest BCUT2D eigenvalue weighted by Gasteiger charge is 2.20. The molecule has 0 saturated carbocycles. The van der Waals surface area contributed by atoms with Crippen molar-refractivity contribution in [1.82, 2.24) is 0 Å². The summed E-state index contributed by atoms with van der Waals surface area (Å²) in [5, 5.41) is 7.51. The van der Waals surface area contributed by atoms with Crippen LogP contribution < -0.4 is 10.5 Å². The van der Waals surface area contributed by atoms with E-state index in [0.717, 1.165) is 38.0 Å². The number of hydrogen-bond acceptors (Lipinski definition) is 2. The van der Waals surface area contributed by atoms with Gasteiger partial charge in [-0.2, -0.15) is 0 Å². The molecule has 0 heterocycles. The Bertz CT molecular complexity index is 413. The van der Waals surface area contributed by atoms with Crippen molar-refractivity contribution in [2.75, 3.05) is 6.61 Å². The maximum atomic E-state index is 7.51. The van der Waals surface area contributed by atoms with Gasteiger partial charge in [0, 0.05) is 5.41 Å². The van der Waals surface area contributed by atoms with E-state index in [-0.39, 0.29) is 11.3 Å². The van der Waals surface area contributed by atoms with Gasteiger partial charge >= 0.3 is 0 Å². The molecule has 1 rings (SSSR count). The zero-order valence-corrected chi connectivity index (χ0v) is 12.3. The Morgan fingerprint density at radius 1 is 1.26 bits per heavy atom. The topological polar surface area (TPSA) is 59.1 Å². The van der Waals surface area contributed by atoms with Crippen molar-refractivity contribution in [3.8, 4) is 5.75 Å². The molecule has 0 radical (unpaired) electrons. The summed E-state index contributed by atoms with van der Waals surface area (Å²) >= 11 is 0. The van der Waals surface area contributed by atoms with Crippen molar-refractivity contribution >= 4 is 5.84 Å². The number of para-hydroxylation sites is 1. The van der Waals surface area contributed by atoms with Crippen LogP contribution in [0.5, 0.6) is 5.75 Å². The average Bonchev–Trinajstić information content (AvgIpc) is 2.38. The summed E-state index contributed by atoms with van der Waals surface area (Å²) < 4.78 is 5.82. The van der Waals surface area contributed by atoms with Gasteiger partial charge in [-0.25, -0.2) is 0 Å². The van der Waals surface area contributed by atoms with Gasteiger partial charge in [-0.15, -0.1) is 0 Å². The average molecular weight is 262 g/mol. The summed E-state index contributed by atoms with van der Waals surface area (Å²) in [4.78, 5) is 0. The molecule has 1 aromatic rings. The van der Waals surface area contributed by atoms with Crippen LogP contribution in [0.15, 0.2) is 24.3 Å². The van der Waals surface area contributed by atoms with Gasteiger partial charge in [-0.05, 0) is 37.3 Å². The SMILES string of the molecule is CCc1ccccc1OCCCCC(C)(C)C(=N)N. The lowest BCUT2D eigenvalue weighted by molar-refractivity contribution is 0.294. The maximum absolute atomic E-state index is 7.51. The van der Waals surface area contributed by atoms with Crippen LogP contribution in [0.1, 0.15) is 45.6 Å². The van der Waals surface area contributed by atoms with E-state index in [9.17, 15) is 0 Å². The van der Waals surface area contributed by atoms with Gasteiger partial charge in [-0.1, -0.05) is 39.0 Å². The second-order valence-corrected chi connectivity index (χ2v) is 5.56. The van der Waals surface area contributed by atoms with E-state index in [4.69, 9.17) is 15.9 Å². The van der Waals surface area contributed by atoms with Crippen LogP contribution in [-0.2, 0) is 6.42 Å². The molecule has 3 heteroatoms. The summed E-state index contributed by atoms with van der Waals surface area (Å²) in [5.41, 5.74) is 6.63. The molecular weight excluding hydrogens is 236 g/mol. The molecule has 0 aliphatic carbocycles. The number of nitrogens with two attached hydrogens (primary N) is 1. The fourth-order valence-electron chi connectivity index (χ4n) is 1.92. The van der Waals surface area contributed by atoms with Crippen molar-refractivity contribution in [3.05, 3.63) is 29.8 Å². The summed E-state index contributed by atoms with van der Waals surface area (Å²) in [7, 11) is 0. The van der Waals surface area contributed by atoms with E-state index in [1.54, 1.807) is 0 Å². The molecule has 0 spiro atoms. The fourth-order valence-corrected chi connectivity index (χ4v) is 1.92. The van der Waals surface area contributed by atoms with Crippen molar-refractivity contribution in [2.45, 2.75) is 46.5 Å². The van der Waals surface area contributed by atoms with Crippen LogP contribution in [0, 0.1) is 10.8 Å². The zero-order chi connectivity index (χ0) is 14.3. The summed E-state index contributed by atoms with van der Waals surface area (Å²) in [6.45, 7) is 6.90. The molecule has 0 saturated heterocycles. The number of nitrogens with one attached hydrogen (secondary N) is 1. The number of amidine groups is 1. The first-order valence-corrected chi connectivity index (χ1v) is 7.02. The summed E-state index contributed by atoms with van der Waals surface area (Å²) in [5.74, 6) is 1.26. The Balaban J connectivity index is 2.30. The van der Waals surface area contributed by atoms with Crippen molar-refractivity contribution in [3.63, 3.8) is 0 Å². The minimum Gasteiger partial charge on any atom is -0.493 e. The third-order valence-electron chi connectivity index (χ3n) is 3.54. The summed E-state index contributed by atoms with van der Waals surface area (Å²) in [6.07, 6.45) is 3.95. The highest BCUT2D eigenvalue weighted by Crippen LogP contribution is 2.23. The minimum atomic E-state index is -0.193. The molecule has 0 amide bonds. The minimum absolute atomic E-state index is 0.193. The van der Waals surface area contributed by atoms with E-state index in [1.807, 2.05) is 32.0 Å². The van der Waals surface area contributed by atoms with E-state index >= 15 is 0 Å². The smallest absolute Gasteiger partial charge is 0.122 e. The Kier molecular flexibility index (Phi) is 5.87. The van der Waals surface area contributed by atoms with Gasteiger partial charge in [0.25, 0.3) is 0 Å². The van der Waals surface area contributed by atoms with Crippen LogP contribution in [0.2, 0.25) is 0 Å². The van der Waals surface area contributed by atoms with Crippen molar-refractivity contribution in [1.29, 1.82) is 5.41 Å². The molecule has 0 unspecified atom stereocenters. The quantitative estimate of drug-likeness (QED) is 0.426. The maximum Gasteiger partial charge on any atom is 0.122 e.